The van der Waals surface area contributed by atoms with Gasteiger partial charge in [-0.05, 0) is 30.7 Å². The van der Waals surface area contributed by atoms with Gasteiger partial charge in [-0.2, -0.15) is 0 Å². The first-order valence-corrected chi connectivity index (χ1v) is 7.51. The summed E-state index contributed by atoms with van der Waals surface area (Å²) in [6, 6.07) is 7.20. The van der Waals surface area contributed by atoms with Crippen LogP contribution in [0.5, 0.6) is 0 Å². The van der Waals surface area contributed by atoms with Gasteiger partial charge in [0.15, 0.2) is 0 Å². The van der Waals surface area contributed by atoms with Gasteiger partial charge in [-0.1, -0.05) is 35.1 Å². The summed E-state index contributed by atoms with van der Waals surface area (Å²) >= 11 is 7.09. The number of carbonyl (C=O) groups is 1. The zero-order valence-electron chi connectivity index (χ0n) is 11.4. The molecule has 110 valence electrons. The lowest BCUT2D eigenvalue weighted by Gasteiger charge is -1.96. The minimum atomic E-state index is -0.260. The Kier molecular flexibility index (Phi) is 5.86. The fraction of sp³-hybridized carbons (Fsp3) is 0.214. The average Bonchev–Trinajstić information content (AvgIpc) is 2.92. The van der Waals surface area contributed by atoms with E-state index in [4.69, 9.17) is 16.3 Å². The van der Waals surface area contributed by atoms with E-state index in [9.17, 15) is 4.79 Å². The molecular formula is C14H14ClN3O2S. The summed E-state index contributed by atoms with van der Waals surface area (Å²) in [7, 11) is 0. The largest absolute Gasteiger partial charge is 0.374 e. The minimum absolute atomic E-state index is 0.260. The molecule has 1 aromatic heterocycles. The maximum atomic E-state index is 11.8. The lowest BCUT2D eigenvalue weighted by Crippen LogP contribution is -2.07. The lowest BCUT2D eigenvalue weighted by atomic mass is 10.2. The Morgan fingerprint density at radius 2 is 2.14 bits per heavy atom. The average molecular weight is 324 g/mol. The van der Waals surface area contributed by atoms with Gasteiger partial charge in [-0.25, -0.2) is 0 Å². The van der Waals surface area contributed by atoms with Crippen molar-refractivity contribution in [3.63, 3.8) is 0 Å². The first-order chi connectivity index (χ1) is 10.2. The second kappa shape index (κ2) is 7.87. The summed E-state index contributed by atoms with van der Waals surface area (Å²) < 4.78 is 5.22. The summed E-state index contributed by atoms with van der Waals surface area (Å²) in [6.07, 6.45) is 3.14. The molecule has 7 heteroatoms. The van der Waals surface area contributed by atoms with Crippen molar-refractivity contribution in [2.24, 2.45) is 0 Å². The Hall–Kier alpha value is -1.76. The molecule has 0 atom stereocenters. The Morgan fingerprint density at radius 3 is 2.86 bits per heavy atom. The van der Waals surface area contributed by atoms with Crippen molar-refractivity contribution < 1.29 is 9.53 Å². The molecule has 0 bridgehead atoms. The van der Waals surface area contributed by atoms with Gasteiger partial charge in [0.1, 0.15) is 11.6 Å². The fourth-order valence-corrected chi connectivity index (χ4v) is 2.25. The number of nitrogens with one attached hydrogen (secondary N) is 1. The van der Waals surface area contributed by atoms with Crippen LogP contribution in [0.1, 0.15) is 17.5 Å². The highest BCUT2D eigenvalue weighted by molar-refractivity contribution is 7.15. The van der Waals surface area contributed by atoms with E-state index in [1.165, 1.54) is 17.4 Å². The molecule has 0 aliphatic rings. The number of nitrogens with zero attached hydrogens (tertiary/aromatic N) is 2. The predicted molar refractivity (Wildman–Crippen MR) is 84.4 cm³/mol. The molecule has 0 spiro atoms. The normalized spacial score (nSPS) is 11.0. The summed E-state index contributed by atoms with van der Waals surface area (Å²) in [6.45, 7) is 2.93. The third-order valence-corrected chi connectivity index (χ3v) is 3.49. The topological polar surface area (TPSA) is 64.1 Å². The summed E-state index contributed by atoms with van der Waals surface area (Å²) in [5, 5.41) is 12.3. The molecule has 1 heterocycles. The molecule has 2 aromatic rings. The number of anilines is 1. The molecule has 2 rings (SSSR count). The molecule has 0 saturated heterocycles. The molecule has 0 aliphatic carbocycles. The molecule has 1 aromatic carbocycles. The lowest BCUT2D eigenvalue weighted by molar-refractivity contribution is -0.111. The second-order valence-corrected chi connectivity index (χ2v) is 5.51. The summed E-state index contributed by atoms with van der Waals surface area (Å²) in [5.41, 5.74) is 0.892. The second-order valence-electron chi connectivity index (χ2n) is 4.01. The number of ether oxygens (including phenoxy) is 1. The number of carbonyl (C=O) groups excluding carboxylic acids is 1. The highest BCUT2D eigenvalue weighted by Gasteiger charge is 2.06. The Balaban J connectivity index is 1.89. The summed E-state index contributed by atoms with van der Waals surface area (Å²) in [4.78, 5) is 11.8. The number of amides is 1. The van der Waals surface area contributed by atoms with Crippen LogP contribution >= 0.6 is 22.9 Å². The summed E-state index contributed by atoms with van der Waals surface area (Å²) in [5.74, 6) is -0.260. The van der Waals surface area contributed by atoms with Crippen molar-refractivity contribution in [3.05, 3.63) is 45.9 Å². The molecule has 21 heavy (non-hydrogen) atoms. The SMILES string of the molecule is CCOCc1nnc(NC(=O)C=Cc2ccc(Cl)cc2)s1. The van der Waals surface area contributed by atoms with Crippen LogP contribution in [0, 0.1) is 0 Å². The number of rotatable bonds is 6. The number of hydrogen-bond donors (Lipinski definition) is 1. The highest BCUT2D eigenvalue weighted by Crippen LogP contribution is 2.16. The first kappa shape index (κ1) is 15.6. The van der Waals surface area contributed by atoms with Gasteiger partial charge in [0.25, 0.3) is 0 Å². The van der Waals surface area contributed by atoms with Crippen molar-refractivity contribution in [3.8, 4) is 0 Å². The van der Waals surface area contributed by atoms with Crippen LogP contribution in [0.3, 0.4) is 0 Å². The molecular weight excluding hydrogens is 310 g/mol. The molecule has 0 unspecified atom stereocenters. The number of aromatic nitrogens is 2. The van der Waals surface area contributed by atoms with Crippen LogP contribution in [0.4, 0.5) is 5.13 Å². The Bertz CT molecular complexity index is 625. The van der Waals surface area contributed by atoms with Gasteiger partial charge in [0.05, 0.1) is 0 Å². The maximum absolute atomic E-state index is 11.8. The first-order valence-electron chi connectivity index (χ1n) is 6.32. The van der Waals surface area contributed by atoms with Crippen molar-refractivity contribution in [1.82, 2.24) is 10.2 Å². The standard InChI is InChI=1S/C14H14ClN3O2S/c1-2-20-9-13-17-18-14(21-13)16-12(19)8-5-10-3-6-11(15)7-4-10/h3-8H,2,9H2,1H3,(H,16,18,19). The van der Waals surface area contributed by atoms with E-state index in [1.807, 2.05) is 19.1 Å². The van der Waals surface area contributed by atoms with Crippen LogP contribution < -0.4 is 5.32 Å². The van der Waals surface area contributed by atoms with E-state index in [-0.39, 0.29) is 5.91 Å². The monoisotopic (exact) mass is 323 g/mol. The fourth-order valence-electron chi connectivity index (χ4n) is 1.44. The van der Waals surface area contributed by atoms with Crippen LogP contribution in [-0.4, -0.2) is 22.7 Å². The molecule has 1 N–H and O–H groups in total. The number of halogens is 1. The maximum Gasteiger partial charge on any atom is 0.250 e. The van der Waals surface area contributed by atoms with Gasteiger partial charge in [0, 0.05) is 17.7 Å². The smallest absolute Gasteiger partial charge is 0.250 e. The number of hydrogen-bond acceptors (Lipinski definition) is 5. The molecule has 0 fully saturated rings. The number of benzene rings is 1. The third-order valence-electron chi connectivity index (χ3n) is 2.42. The van der Waals surface area contributed by atoms with Gasteiger partial charge >= 0.3 is 0 Å². The minimum Gasteiger partial charge on any atom is -0.374 e. The van der Waals surface area contributed by atoms with Gasteiger partial charge in [-0.15, -0.1) is 10.2 Å². The van der Waals surface area contributed by atoms with E-state index in [2.05, 4.69) is 15.5 Å². The van der Waals surface area contributed by atoms with Crippen LogP contribution in [-0.2, 0) is 16.1 Å². The van der Waals surface area contributed by atoms with Crippen molar-refractivity contribution >= 4 is 40.1 Å². The van der Waals surface area contributed by atoms with Gasteiger partial charge in [-0.3, -0.25) is 10.1 Å². The van der Waals surface area contributed by atoms with Crippen molar-refractivity contribution in [2.75, 3.05) is 11.9 Å². The quantitative estimate of drug-likeness (QED) is 0.828. The molecule has 0 saturated carbocycles. The van der Waals surface area contributed by atoms with Crippen LogP contribution in [0.25, 0.3) is 6.08 Å². The van der Waals surface area contributed by atoms with Gasteiger partial charge < -0.3 is 4.74 Å². The third kappa shape index (κ3) is 5.26. The molecule has 0 radical (unpaired) electrons. The van der Waals surface area contributed by atoms with Crippen LogP contribution in [0.2, 0.25) is 5.02 Å². The zero-order valence-corrected chi connectivity index (χ0v) is 12.9. The van der Waals surface area contributed by atoms with E-state index in [0.29, 0.717) is 23.4 Å². The molecule has 0 aliphatic heterocycles. The van der Waals surface area contributed by atoms with E-state index in [0.717, 1.165) is 10.6 Å². The molecule has 1 amide bonds. The predicted octanol–water partition coefficient (Wildman–Crippen LogP) is 3.38. The molecule has 5 nitrogen and oxygen atoms in total. The Morgan fingerprint density at radius 1 is 1.38 bits per heavy atom. The van der Waals surface area contributed by atoms with E-state index >= 15 is 0 Å². The van der Waals surface area contributed by atoms with Crippen molar-refractivity contribution in [1.29, 1.82) is 0 Å². The van der Waals surface area contributed by atoms with Gasteiger partial charge in [0.2, 0.25) is 11.0 Å². The Labute approximate surface area is 131 Å². The highest BCUT2D eigenvalue weighted by atomic mass is 35.5. The van der Waals surface area contributed by atoms with E-state index in [1.54, 1.807) is 18.2 Å². The van der Waals surface area contributed by atoms with Crippen molar-refractivity contribution in [2.45, 2.75) is 13.5 Å². The van der Waals surface area contributed by atoms with Crippen LogP contribution in [0.15, 0.2) is 30.3 Å². The zero-order chi connectivity index (χ0) is 15.1. The van der Waals surface area contributed by atoms with E-state index < -0.39 is 0 Å².